The highest BCUT2D eigenvalue weighted by molar-refractivity contribution is 9.10. The molecule has 118 valence electrons. The van der Waals surface area contributed by atoms with Crippen molar-refractivity contribution < 1.29 is 8.42 Å². The fourth-order valence-electron chi connectivity index (χ4n) is 2.80. The number of aryl methyl sites for hydroxylation is 1. The van der Waals surface area contributed by atoms with Crippen LogP contribution in [0.5, 0.6) is 0 Å². The molecule has 1 aliphatic rings. The Hall–Kier alpha value is -1.18. The second-order valence-corrected chi connectivity index (χ2v) is 8.40. The first-order valence-electron chi connectivity index (χ1n) is 7.22. The normalized spacial score (nSPS) is 17.7. The second kappa shape index (κ2) is 6.14. The van der Waals surface area contributed by atoms with Crippen LogP contribution in [0.3, 0.4) is 0 Å². The molecular formula is C15H18BrN3O2S. The van der Waals surface area contributed by atoms with Crippen molar-refractivity contribution in [2.24, 2.45) is 7.05 Å². The summed E-state index contributed by atoms with van der Waals surface area (Å²) in [6, 6.07) is 8.82. The fraction of sp³-hybridized carbons (Fsp3) is 0.400. The molecule has 0 spiro atoms. The molecule has 1 aromatic carbocycles. The summed E-state index contributed by atoms with van der Waals surface area (Å²) in [5.41, 5.74) is 1.06. The lowest BCUT2D eigenvalue weighted by molar-refractivity contribution is 0.316. The van der Waals surface area contributed by atoms with E-state index in [0.29, 0.717) is 23.9 Å². The minimum Gasteiger partial charge on any atom is -0.276 e. The van der Waals surface area contributed by atoms with Crippen molar-refractivity contribution >= 4 is 26.0 Å². The molecule has 1 aromatic heterocycles. The Labute approximate surface area is 139 Å². The van der Waals surface area contributed by atoms with Gasteiger partial charge in [-0.2, -0.15) is 9.40 Å². The zero-order chi connectivity index (χ0) is 15.7. The van der Waals surface area contributed by atoms with Crippen LogP contribution >= 0.6 is 15.9 Å². The van der Waals surface area contributed by atoms with E-state index in [1.165, 1.54) is 0 Å². The summed E-state index contributed by atoms with van der Waals surface area (Å²) in [5.74, 6) is 0.345. The van der Waals surface area contributed by atoms with Crippen LogP contribution in [0.2, 0.25) is 0 Å². The number of benzene rings is 1. The summed E-state index contributed by atoms with van der Waals surface area (Å²) in [7, 11) is -1.49. The number of piperidine rings is 1. The van der Waals surface area contributed by atoms with Crippen molar-refractivity contribution in [3.63, 3.8) is 0 Å². The van der Waals surface area contributed by atoms with E-state index in [2.05, 4.69) is 21.0 Å². The van der Waals surface area contributed by atoms with Gasteiger partial charge in [0.1, 0.15) is 0 Å². The van der Waals surface area contributed by atoms with E-state index < -0.39 is 10.0 Å². The van der Waals surface area contributed by atoms with E-state index in [4.69, 9.17) is 0 Å². The first-order chi connectivity index (χ1) is 10.5. The Bertz CT molecular complexity index is 747. The third-order valence-corrected chi connectivity index (χ3v) is 6.50. The first kappa shape index (κ1) is 15.7. The van der Waals surface area contributed by atoms with Crippen molar-refractivity contribution in [2.75, 3.05) is 13.1 Å². The maximum absolute atomic E-state index is 12.6. The highest BCUT2D eigenvalue weighted by Gasteiger charge is 2.30. The molecule has 0 aliphatic carbocycles. The summed E-state index contributed by atoms with van der Waals surface area (Å²) in [6.45, 7) is 1.08. The van der Waals surface area contributed by atoms with Gasteiger partial charge in [-0.05, 0) is 43.2 Å². The quantitative estimate of drug-likeness (QED) is 0.818. The van der Waals surface area contributed by atoms with E-state index >= 15 is 0 Å². The molecule has 1 aliphatic heterocycles. The van der Waals surface area contributed by atoms with Gasteiger partial charge in [0, 0.05) is 36.7 Å². The highest BCUT2D eigenvalue weighted by atomic mass is 79.9. The lowest BCUT2D eigenvalue weighted by Crippen LogP contribution is -2.37. The molecule has 0 bridgehead atoms. The van der Waals surface area contributed by atoms with Gasteiger partial charge in [-0.1, -0.05) is 15.9 Å². The Morgan fingerprint density at radius 3 is 2.32 bits per heavy atom. The van der Waals surface area contributed by atoms with Crippen molar-refractivity contribution in [3.05, 3.63) is 46.7 Å². The van der Waals surface area contributed by atoms with Gasteiger partial charge in [0.2, 0.25) is 10.0 Å². The third-order valence-electron chi connectivity index (χ3n) is 4.06. The number of aromatic nitrogens is 2. The van der Waals surface area contributed by atoms with E-state index in [-0.39, 0.29) is 0 Å². The zero-order valence-corrected chi connectivity index (χ0v) is 14.7. The minimum absolute atomic E-state index is 0.345. The molecule has 3 rings (SSSR count). The van der Waals surface area contributed by atoms with Crippen LogP contribution in [-0.2, 0) is 17.1 Å². The summed E-state index contributed by atoms with van der Waals surface area (Å²) >= 11 is 3.33. The van der Waals surface area contributed by atoms with Gasteiger partial charge in [-0.15, -0.1) is 0 Å². The Morgan fingerprint density at radius 1 is 1.14 bits per heavy atom. The largest absolute Gasteiger partial charge is 0.276 e. The van der Waals surface area contributed by atoms with Gasteiger partial charge < -0.3 is 0 Å². The number of sulfonamides is 1. The standard InChI is InChI=1S/C15H18BrN3O2S/c1-18-9-8-15(17-18)12-6-10-19(11-7-12)22(20,21)14-4-2-13(16)3-5-14/h2-5,8-9,12H,6-7,10-11H2,1H3. The lowest BCUT2D eigenvalue weighted by Gasteiger charge is -2.30. The minimum atomic E-state index is -3.39. The van der Waals surface area contributed by atoms with E-state index in [1.807, 2.05) is 19.3 Å². The van der Waals surface area contributed by atoms with Crippen LogP contribution in [0.4, 0.5) is 0 Å². The molecule has 0 saturated carbocycles. The summed E-state index contributed by atoms with van der Waals surface area (Å²) in [4.78, 5) is 0.354. The lowest BCUT2D eigenvalue weighted by atomic mass is 9.95. The summed E-state index contributed by atoms with van der Waals surface area (Å²) in [5, 5.41) is 4.43. The molecular weight excluding hydrogens is 366 g/mol. The summed E-state index contributed by atoms with van der Waals surface area (Å²) in [6.07, 6.45) is 3.56. The number of hydrogen-bond acceptors (Lipinski definition) is 3. The van der Waals surface area contributed by atoms with Crippen LogP contribution in [0.1, 0.15) is 24.5 Å². The van der Waals surface area contributed by atoms with Crippen LogP contribution in [0.25, 0.3) is 0 Å². The molecule has 0 radical (unpaired) electrons. The van der Waals surface area contributed by atoms with E-state index in [1.54, 1.807) is 33.3 Å². The average molecular weight is 384 g/mol. The number of nitrogens with zero attached hydrogens (tertiary/aromatic N) is 3. The van der Waals surface area contributed by atoms with Crippen LogP contribution in [0, 0.1) is 0 Å². The van der Waals surface area contributed by atoms with Gasteiger partial charge in [0.05, 0.1) is 10.6 Å². The number of halogens is 1. The molecule has 0 unspecified atom stereocenters. The topological polar surface area (TPSA) is 55.2 Å². The van der Waals surface area contributed by atoms with Crippen LogP contribution in [-0.4, -0.2) is 35.6 Å². The van der Waals surface area contributed by atoms with Crippen LogP contribution in [0.15, 0.2) is 45.9 Å². The van der Waals surface area contributed by atoms with Crippen molar-refractivity contribution in [3.8, 4) is 0 Å². The van der Waals surface area contributed by atoms with Gasteiger partial charge in [-0.3, -0.25) is 4.68 Å². The molecule has 0 amide bonds. The van der Waals surface area contributed by atoms with Gasteiger partial charge >= 0.3 is 0 Å². The molecule has 5 nitrogen and oxygen atoms in total. The van der Waals surface area contributed by atoms with E-state index in [0.717, 1.165) is 23.0 Å². The van der Waals surface area contributed by atoms with Gasteiger partial charge in [0.25, 0.3) is 0 Å². The molecule has 0 atom stereocenters. The molecule has 7 heteroatoms. The second-order valence-electron chi connectivity index (χ2n) is 5.55. The van der Waals surface area contributed by atoms with Crippen LogP contribution < -0.4 is 0 Å². The molecule has 2 heterocycles. The van der Waals surface area contributed by atoms with E-state index in [9.17, 15) is 8.42 Å². The SMILES string of the molecule is Cn1ccc(C2CCN(S(=O)(=O)c3ccc(Br)cc3)CC2)n1. The first-order valence-corrected chi connectivity index (χ1v) is 9.45. The average Bonchev–Trinajstić information content (AvgIpc) is 2.94. The summed E-state index contributed by atoms with van der Waals surface area (Å²) < 4.78 is 29.5. The van der Waals surface area contributed by atoms with Crippen molar-refractivity contribution in [1.29, 1.82) is 0 Å². The fourth-order valence-corrected chi connectivity index (χ4v) is 4.53. The Kier molecular flexibility index (Phi) is 4.38. The monoisotopic (exact) mass is 383 g/mol. The maximum Gasteiger partial charge on any atom is 0.243 e. The van der Waals surface area contributed by atoms with Crippen molar-refractivity contribution in [1.82, 2.24) is 14.1 Å². The van der Waals surface area contributed by atoms with Gasteiger partial charge in [0.15, 0.2) is 0 Å². The molecule has 22 heavy (non-hydrogen) atoms. The highest BCUT2D eigenvalue weighted by Crippen LogP contribution is 2.30. The number of rotatable bonds is 3. The predicted molar refractivity (Wildman–Crippen MR) is 88.1 cm³/mol. The molecule has 1 fully saturated rings. The zero-order valence-electron chi connectivity index (χ0n) is 12.3. The maximum atomic E-state index is 12.6. The molecule has 2 aromatic rings. The van der Waals surface area contributed by atoms with Gasteiger partial charge in [-0.25, -0.2) is 8.42 Å². The molecule has 0 N–H and O–H groups in total. The molecule has 1 saturated heterocycles. The third kappa shape index (κ3) is 3.11. The Morgan fingerprint density at radius 2 is 1.77 bits per heavy atom. The number of hydrogen-bond donors (Lipinski definition) is 0. The van der Waals surface area contributed by atoms with Crippen molar-refractivity contribution in [2.45, 2.75) is 23.7 Å². The predicted octanol–water partition coefficient (Wildman–Crippen LogP) is 2.75. The smallest absolute Gasteiger partial charge is 0.243 e. The Balaban J connectivity index is 1.71.